The average molecular weight is 322 g/mol. The topological polar surface area (TPSA) is 75.4 Å². The van der Waals surface area contributed by atoms with Crippen LogP contribution < -0.4 is 5.32 Å². The van der Waals surface area contributed by atoms with Crippen LogP contribution in [-0.4, -0.2) is 28.8 Å². The van der Waals surface area contributed by atoms with Gasteiger partial charge in [-0.2, -0.15) is 0 Å². The van der Waals surface area contributed by atoms with Crippen molar-refractivity contribution in [1.29, 1.82) is 0 Å². The summed E-state index contributed by atoms with van der Waals surface area (Å²) in [6.07, 6.45) is -0.180. The molecule has 1 aromatic heterocycles. The second-order valence-electron chi connectivity index (χ2n) is 5.50. The number of nitrogens with one attached hydrogen (secondary N) is 1. The van der Waals surface area contributed by atoms with Gasteiger partial charge in [0.1, 0.15) is 5.69 Å². The van der Waals surface area contributed by atoms with E-state index in [2.05, 4.69) is 10.5 Å². The number of aromatic nitrogens is 1. The average Bonchev–Trinajstić information content (AvgIpc) is 3.11. The van der Waals surface area contributed by atoms with Crippen LogP contribution in [0.3, 0.4) is 0 Å². The first-order valence-electron chi connectivity index (χ1n) is 7.74. The zero-order valence-corrected chi connectivity index (χ0v) is 13.1. The maximum Gasteiger partial charge on any atom is 0.290 e. The van der Waals surface area contributed by atoms with E-state index in [9.17, 15) is 9.90 Å². The number of aliphatic hydroxyl groups is 1. The van der Waals surface area contributed by atoms with Gasteiger partial charge >= 0.3 is 0 Å². The maximum absolute atomic E-state index is 12.1. The molecule has 0 spiro atoms. The summed E-state index contributed by atoms with van der Waals surface area (Å²) >= 11 is 0. The van der Waals surface area contributed by atoms with Gasteiger partial charge in [0, 0.05) is 24.6 Å². The van der Waals surface area contributed by atoms with Crippen LogP contribution in [0, 0.1) is 0 Å². The number of hydrogen-bond donors (Lipinski definition) is 2. The number of carbonyl (C=O) groups is 1. The quantitative estimate of drug-likeness (QED) is 0.731. The number of nitrogens with zero attached hydrogens (tertiary/aromatic N) is 1. The van der Waals surface area contributed by atoms with Crippen LogP contribution >= 0.6 is 0 Å². The number of rotatable bonds is 6. The first-order chi connectivity index (χ1) is 11.7. The van der Waals surface area contributed by atoms with Gasteiger partial charge in [0.25, 0.3) is 5.91 Å². The minimum atomic E-state index is -0.659. The molecule has 5 heteroatoms. The molecule has 3 rings (SSSR count). The van der Waals surface area contributed by atoms with Crippen LogP contribution in [0.2, 0.25) is 0 Å². The van der Waals surface area contributed by atoms with Gasteiger partial charge in [-0.1, -0.05) is 65.8 Å². The van der Waals surface area contributed by atoms with Crippen molar-refractivity contribution in [3.05, 3.63) is 78.1 Å². The Labute approximate surface area is 139 Å². The lowest BCUT2D eigenvalue weighted by atomic mass is 10.1. The third kappa shape index (κ3) is 4.08. The van der Waals surface area contributed by atoms with Crippen molar-refractivity contribution in [2.45, 2.75) is 12.5 Å². The van der Waals surface area contributed by atoms with Crippen LogP contribution in [0.25, 0.3) is 11.3 Å². The molecular weight excluding hydrogens is 304 g/mol. The molecule has 0 saturated heterocycles. The van der Waals surface area contributed by atoms with Gasteiger partial charge in [-0.3, -0.25) is 4.79 Å². The second-order valence-corrected chi connectivity index (χ2v) is 5.50. The zero-order chi connectivity index (χ0) is 16.8. The van der Waals surface area contributed by atoms with Crippen LogP contribution in [0.5, 0.6) is 0 Å². The van der Waals surface area contributed by atoms with Crippen LogP contribution in [-0.2, 0) is 6.42 Å². The molecular formula is C19H18N2O3. The predicted molar refractivity (Wildman–Crippen MR) is 90.4 cm³/mol. The molecule has 1 atom stereocenters. The van der Waals surface area contributed by atoms with Gasteiger partial charge in [-0.05, 0) is 5.56 Å². The number of aliphatic hydroxyl groups excluding tert-OH is 1. The summed E-state index contributed by atoms with van der Waals surface area (Å²) in [6.45, 7) is 0.148. The number of benzene rings is 2. The van der Waals surface area contributed by atoms with Gasteiger partial charge in [0.15, 0.2) is 0 Å². The van der Waals surface area contributed by atoms with Gasteiger partial charge in [-0.15, -0.1) is 0 Å². The summed E-state index contributed by atoms with van der Waals surface area (Å²) in [7, 11) is 0. The zero-order valence-electron chi connectivity index (χ0n) is 13.1. The molecule has 0 bridgehead atoms. The highest BCUT2D eigenvalue weighted by Crippen LogP contribution is 2.18. The van der Waals surface area contributed by atoms with Crippen LogP contribution in [0.15, 0.2) is 71.3 Å². The van der Waals surface area contributed by atoms with E-state index in [0.29, 0.717) is 12.1 Å². The summed E-state index contributed by atoms with van der Waals surface area (Å²) in [5, 5.41) is 16.6. The summed E-state index contributed by atoms with van der Waals surface area (Å²) in [5.74, 6) is -0.266. The summed E-state index contributed by atoms with van der Waals surface area (Å²) in [4.78, 5) is 12.1. The molecule has 0 saturated carbocycles. The standard InChI is InChI=1S/C19H18N2O3/c22-16(11-14-7-3-1-4-8-14)13-20-19(23)18-12-17(21-24-18)15-9-5-2-6-10-15/h1-10,12,16,22H,11,13H2,(H,20,23). The van der Waals surface area contributed by atoms with Crippen molar-refractivity contribution in [3.8, 4) is 11.3 Å². The van der Waals surface area contributed by atoms with Crippen molar-refractivity contribution in [2.24, 2.45) is 0 Å². The van der Waals surface area contributed by atoms with E-state index < -0.39 is 12.0 Å². The fourth-order valence-corrected chi connectivity index (χ4v) is 2.38. The number of hydrogen-bond acceptors (Lipinski definition) is 4. The van der Waals surface area contributed by atoms with Crippen LogP contribution in [0.4, 0.5) is 0 Å². The van der Waals surface area contributed by atoms with E-state index in [1.54, 1.807) is 6.07 Å². The van der Waals surface area contributed by atoms with Gasteiger partial charge in [0.05, 0.1) is 6.10 Å². The molecule has 0 aliphatic carbocycles. The van der Waals surface area contributed by atoms with E-state index in [-0.39, 0.29) is 12.3 Å². The highest BCUT2D eigenvalue weighted by Gasteiger charge is 2.15. The molecule has 1 amide bonds. The molecule has 1 unspecified atom stereocenters. The molecule has 1 heterocycles. The molecule has 3 aromatic rings. The minimum absolute atomic E-state index is 0.126. The Morgan fingerprint density at radius 1 is 1.08 bits per heavy atom. The van der Waals surface area contributed by atoms with Crippen molar-refractivity contribution < 1.29 is 14.4 Å². The van der Waals surface area contributed by atoms with Crippen molar-refractivity contribution >= 4 is 5.91 Å². The van der Waals surface area contributed by atoms with E-state index >= 15 is 0 Å². The minimum Gasteiger partial charge on any atom is -0.391 e. The van der Waals surface area contributed by atoms with Crippen molar-refractivity contribution in [1.82, 2.24) is 10.5 Å². The van der Waals surface area contributed by atoms with Crippen LogP contribution in [0.1, 0.15) is 16.1 Å². The Balaban J connectivity index is 1.55. The van der Waals surface area contributed by atoms with Crippen molar-refractivity contribution in [3.63, 3.8) is 0 Å². The largest absolute Gasteiger partial charge is 0.391 e. The monoisotopic (exact) mass is 322 g/mol. The van der Waals surface area contributed by atoms with E-state index in [1.807, 2.05) is 60.7 Å². The second kappa shape index (κ2) is 7.57. The van der Waals surface area contributed by atoms with Crippen molar-refractivity contribution in [2.75, 3.05) is 6.54 Å². The fourth-order valence-electron chi connectivity index (χ4n) is 2.38. The fraction of sp³-hybridized carbons (Fsp3) is 0.158. The van der Waals surface area contributed by atoms with E-state index in [1.165, 1.54) is 0 Å². The molecule has 0 fully saturated rings. The molecule has 5 nitrogen and oxygen atoms in total. The molecule has 0 radical (unpaired) electrons. The van der Waals surface area contributed by atoms with E-state index in [0.717, 1.165) is 11.1 Å². The summed E-state index contributed by atoms with van der Waals surface area (Å²) < 4.78 is 5.09. The number of amides is 1. The molecule has 0 aliphatic heterocycles. The Morgan fingerprint density at radius 3 is 2.46 bits per heavy atom. The van der Waals surface area contributed by atoms with E-state index in [4.69, 9.17) is 4.52 Å². The highest BCUT2D eigenvalue weighted by atomic mass is 16.5. The normalized spacial score (nSPS) is 11.9. The molecule has 2 aromatic carbocycles. The lowest BCUT2D eigenvalue weighted by Gasteiger charge is -2.10. The van der Waals surface area contributed by atoms with Gasteiger partial charge < -0.3 is 14.9 Å². The lowest BCUT2D eigenvalue weighted by molar-refractivity contribution is 0.0880. The maximum atomic E-state index is 12.1. The lowest BCUT2D eigenvalue weighted by Crippen LogP contribution is -2.33. The Hall–Kier alpha value is -2.92. The smallest absolute Gasteiger partial charge is 0.290 e. The summed E-state index contributed by atoms with van der Waals surface area (Å²) in [5.41, 5.74) is 2.50. The molecule has 0 aliphatic rings. The van der Waals surface area contributed by atoms with Gasteiger partial charge in [-0.25, -0.2) is 0 Å². The Bertz CT molecular complexity index is 785. The molecule has 2 N–H and O–H groups in total. The summed E-state index contributed by atoms with van der Waals surface area (Å²) in [6, 6.07) is 20.7. The SMILES string of the molecule is O=C(NCC(O)Cc1ccccc1)c1cc(-c2ccccc2)no1. The Morgan fingerprint density at radius 2 is 1.75 bits per heavy atom. The molecule has 24 heavy (non-hydrogen) atoms. The first-order valence-corrected chi connectivity index (χ1v) is 7.74. The third-order valence-corrected chi connectivity index (χ3v) is 3.62. The third-order valence-electron chi connectivity index (χ3n) is 3.62. The highest BCUT2D eigenvalue weighted by molar-refractivity contribution is 5.92. The van der Waals surface area contributed by atoms with Gasteiger partial charge in [0.2, 0.25) is 5.76 Å². The predicted octanol–water partition coefficient (Wildman–Crippen LogP) is 2.68. The Kier molecular flexibility index (Phi) is 5.03. The first kappa shape index (κ1) is 16.0. The molecule has 122 valence electrons. The number of carbonyl (C=O) groups excluding carboxylic acids is 1.